The largest absolute Gasteiger partial charge is 0.329 e. The molecule has 0 heterocycles. The normalized spacial score (nSPS) is 12.3. The number of hydrogen-bond acceptors (Lipinski definition) is 3. The van der Waals surface area contributed by atoms with Gasteiger partial charge in [0, 0.05) is 17.5 Å². The zero-order valence-corrected chi connectivity index (χ0v) is 12.4. The second kappa shape index (κ2) is 6.81. The molecule has 0 saturated carbocycles. The van der Waals surface area contributed by atoms with Crippen molar-refractivity contribution in [2.45, 2.75) is 32.9 Å². The van der Waals surface area contributed by atoms with Crippen LogP contribution in [-0.4, -0.2) is 23.5 Å². The summed E-state index contributed by atoms with van der Waals surface area (Å²) in [5.74, 6) is 0.487. The quantitative estimate of drug-likeness (QED) is 0.861. The highest BCUT2D eigenvalue weighted by Gasteiger charge is 2.09. The molecule has 3 nitrogen and oxygen atoms in total. The van der Waals surface area contributed by atoms with E-state index < -0.39 is 0 Å². The Kier molecular flexibility index (Phi) is 5.69. The minimum atomic E-state index is 0.0374. The van der Waals surface area contributed by atoms with E-state index in [9.17, 15) is 4.79 Å². The average Bonchev–Trinajstić information content (AvgIpc) is 2.30. The van der Waals surface area contributed by atoms with Gasteiger partial charge in [0.2, 0.25) is 5.91 Å². The Morgan fingerprint density at radius 1 is 1.33 bits per heavy atom. The summed E-state index contributed by atoms with van der Waals surface area (Å²) >= 11 is 1.58. The first-order valence-electron chi connectivity index (χ1n) is 6.13. The number of hydrogen-bond donors (Lipinski definition) is 2. The Balaban J connectivity index is 2.65. The molecule has 0 aliphatic carbocycles. The highest BCUT2D eigenvalue weighted by Crippen LogP contribution is 2.22. The van der Waals surface area contributed by atoms with Crippen LogP contribution in [0.5, 0.6) is 0 Å². The molecule has 0 aliphatic heterocycles. The number of aryl methyl sites for hydroxylation is 3. The van der Waals surface area contributed by atoms with E-state index in [-0.39, 0.29) is 5.91 Å². The van der Waals surface area contributed by atoms with Crippen molar-refractivity contribution in [3.05, 3.63) is 28.8 Å². The van der Waals surface area contributed by atoms with Gasteiger partial charge in [0.25, 0.3) is 0 Å². The molecule has 1 unspecified atom stereocenters. The molecule has 1 atom stereocenters. The van der Waals surface area contributed by atoms with E-state index in [1.54, 1.807) is 11.8 Å². The fourth-order valence-electron chi connectivity index (χ4n) is 1.84. The lowest BCUT2D eigenvalue weighted by Crippen LogP contribution is -2.20. The van der Waals surface area contributed by atoms with Gasteiger partial charge in [-0.25, -0.2) is 0 Å². The van der Waals surface area contributed by atoms with Crippen LogP contribution < -0.4 is 11.1 Å². The SMILES string of the molecule is Cc1cc(C)c(NC(=O)CSC(C)CN)c(C)c1. The van der Waals surface area contributed by atoms with E-state index in [4.69, 9.17) is 5.73 Å². The molecule has 0 saturated heterocycles. The molecule has 3 N–H and O–H groups in total. The van der Waals surface area contributed by atoms with Crippen LogP contribution in [0.2, 0.25) is 0 Å². The number of benzene rings is 1. The lowest BCUT2D eigenvalue weighted by molar-refractivity contribution is -0.113. The summed E-state index contributed by atoms with van der Waals surface area (Å²) in [7, 11) is 0. The molecule has 0 aromatic heterocycles. The van der Waals surface area contributed by atoms with Crippen molar-refractivity contribution in [2.24, 2.45) is 5.73 Å². The fourth-order valence-corrected chi connectivity index (χ4v) is 2.48. The molecule has 0 spiro atoms. The van der Waals surface area contributed by atoms with Crippen LogP contribution in [0.3, 0.4) is 0 Å². The van der Waals surface area contributed by atoms with Crippen molar-refractivity contribution in [1.82, 2.24) is 0 Å². The predicted molar refractivity (Wildman–Crippen MR) is 80.3 cm³/mol. The maximum Gasteiger partial charge on any atom is 0.234 e. The highest BCUT2D eigenvalue weighted by atomic mass is 32.2. The summed E-state index contributed by atoms with van der Waals surface area (Å²) < 4.78 is 0. The van der Waals surface area contributed by atoms with Gasteiger partial charge in [-0.05, 0) is 31.9 Å². The summed E-state index contributed by atoms with van der Waals surface area (Å²) in [6, 6.07) is 4.16. The first kappa shape index (κ1) is 15.1. The first-order chi connectivity index (χ1) is 8.43. The van der Waals surface area contributed by atoms with Crippen LogP contribution in [0.1, 0.15) is 23.6 Å². The monoisotopic (exact) mass is 266 g/mol. The Morgan fingerprint density at radius 2 is 1.89 bits per heavy atom. The molecule has 0 aliphatic rings. The predicted octanol–water partition coefficient (Wildman–Crippen LogP) is 2.63. The Hall–Kier alpha value is -1.00. The summed E-state index contributed by atoms with van der Waals surface area (Å²) in [6.45, 7) is 8.72. The molecule has 0 fully saturated rings. The van der Waals surface area contributed by atoms with Crippen LogP contribution >= 0.6 is 11.8 Å². The summed E-state index contributed by atoms with van der Waals surface area (Å²) in [5.41, 5.74) is 9.89. The van der Waals surface area contributed by atoms with Gasteiger partial charge in [-0.2, -0.15) is 0 Å². The number of carbonyl (C=O) groups excluding carboxylic acids is 1. The number of thioether (sulfide) groups is 1. The van der Waals surface area contributed by atoms with Crippen molar-refractivity contribution in [2.75, 3.05) is 17.6 Å². The van der Waals surface area contributed by atoms with Crippen molar-refractivity contribution in [3.63, 3.8) is 0 Å². The van der Waals surface area contributed by atoms with E-state index in [1.807, 2.05) is 20.8 Å². The molecule has 0 bridgehead atoms. The van der Waals surface area contributed by atoms with Crippen molar-refractivity contribution >= 4 is 23.4 Å². The second-order valence-corrected chi connectivity index (χ2v) is 6.11. The summed E-state index contributed by atoms with van der Waals surface area (Å²) in [5, 5.41) is 3.30. The smallest absolute Gasteiger partial charge is 0.234 e. The highest BCUT2D eigenvalue weighted by molar-refractivity contribution is 8.00. The zero-order chi connectivity index (χ0) is 13.7. The molecule has 1 amide bonds. The third-order valence-corrected chi connectivity index (χ3v) is 3.96. The van der Waals surface area contributed by atoms with E-state index in [0.717, 1.165) is 16.8 Å². The minimum absolute atomic E-state index is 0.0374. The molecule has 0 radical (unpaired) electrons. The summed E-state index contributed by atoms with van der Waals surface area (Å²) in [6.07, 6.45) is 0. The Labute approximate surface area is 114 Å². The lowest BCUT2D eigenvalue weighted by atomic mass is 10.1. The van der Waals surface area contributed by atoms with Gasteiger partial charge in [0.15, 0.2) is 0 Å². The van der Waals surface area contributed by atoms with Gasteiger partial charge in [0.05, 0.1) is 5.75 Å². The van der Waals surface area contributed by atoms with Gasteiger partial charge in [-0.3, -0.25) is 4.79 Å². The summed E-state index contributed by atoms with van der Waals surface area (Å²) in [4.78, 5) is 11.8. The molecule has 4 heteroatoms. The van der Waals surface area contributed by atoms with E-state index in [2.05, 4.69) is 24.4 Å². The second-order valence-electron chi connectivity index (χ2n) is 4.68. The molecule has 1 aromatic carbocycles. The number of carbonyl (C=O) groups is 1. The Morgan fingerprint density at radius 3 is 2.39 bits per heavy atom. The average molecular weight is 266 g/mol. The standard InChI is InChI=1S/C14H22N2OS/c1-9-5-10(2)14(11(3)6-9)16-13(17)8-18-12(4)7-15/h5-6,12H,7-8,15H2,1-4H3,(H,16,17). The first-order valence-corrected chi connectivity index (χ1v) is 7.18. The lowest BCUT2D eigenvalue weighted by Gasteiger charge is -2.13. The number of rotatable bonds is 5. The molecule has 100 valence electrons. The van der Waals surface area contributed by atoms with Crippen molar-refractivity contribution in [1.29, 1.82) is 0 Å². The maximum absolute atomic E-state index is 11.8. The van der Waals surface area contributed by atoms with Gasteiger partial charge >= 0.3 is 0 Å². The number of nitrogens with one attached hydrogen (secondary N) is 1. The van der Waals surface area contributed by atoms with Crippen LogP contribution in [0.15, 0.2) is 12.1 Å². The van der Waals surface area contributed by atoms with Crippen LogP contribution in [0, 0.1) is 20.8 Å². The zero-order valence-electron chi connectivity index (χ0n) is 11.5. The van der Waals surface area contributed by atoms with Crippen LogP contribution in [0.4, 0.5) is 5.69 Å². The third kappa shape index (κ3) is 4.35. The van der Waals surface area contributed by atoms with Crippen LogP contribution in [0.25, 0.3) is 0 Å². The topological polar surface area (TPSA) is 55.1 Å². The van der Waals surface area contributed by atoms with Gasteiger partial charge < -0.3 is 11.1 Å². The Bertz CT molecular complexity index is 409. The molecule has 18 heavy (non-hydrogen) atoms. The molecule has 1 rings (SSSR count). The molecule has 1 aromatic rings. The van der Waals surface area contributed by atoms with E-state index >= 15 is 0 Å². The maximum atomic E-state index is 11.8. The number of anilines is 1. The number of nitrogens with two attached hydrogens (primary N) is 1. The molecular formula is C14H22N2OS. The van der Waals surface area contributed by atoms with E-state index in [1.165, 1.54) is 5.56 Å². The van der Waals surface area contributed by atoms with E-state index in [0.29, 0.717) is 17.5 Å². The van der Waals surface area contributed by atoms with Crippen LogP contribution in [-0.2, 0) is 4.79 Å². The molecular weight excluding hydrogens is 244 g/mol. The minimum Gasteiger partial charge on any atom is -0.329 e. The van der Waals surface area contributed by atoms with Gasteiger partial charge in [-0.1, -0.05) is 24.6 Å². The van der Waals surface area contributed by atoms with Gasteiger partial charge in [0.1, 0.15) is 0 Å². The fraction of sp³-hybridized carbons (Fsp3) is 0.500. The van der Waals surface area contributed by atoms with Crippen molar-refractivity contribution in [3.8, 4) is 0 Å². The number of amides is 1. The van der Waals surface area contributed by atoms with Gasteiger partial charge in [-0.15, -0.1) is 11.8 Å². The third-order valence-electron chi connectivity index (χ3n) is 2.77. The van der Waals surface area contributed by atoms with Crippen molar-refractivity contribution < 1.29 is 4.79 Å².